The average molecular weight is 177 g/mol. The molecule has 0 aromatic carbocycles. The second-order valence-electron chi connectivity index (χ2n) is 3.13. The van der Waals surface area contributed by atoms with Crippen molar-refractivity contribution in [3.8, 4) is 0 Å². The van der Waals surface area contributed by atoms with E-state index in [1.54, 1.807) is 7.11 Å². The van der Waals surface area contributed by atoms with Crippen LogP contribution in [0.2, 0.25) is 0 Å². The number of rotatable bonds is 6. The molecule has 0 atom stereocenters. The first-order chi connectivity index (χ1) is 5.12. The molecule has 0 aromatic heterocycles. The predicted molar refractivity (Wildman–Crippen MR) is 52.3 cm³/mol. The third-order valence-electron chi connectivity index (χ3n) is 1.59. The Bertz CT molecular complexity index is 96.1. The van der Waals surface area contributed by atoms with E-state index in [1.165, 1.54) is 5.75 Å². The molecule has 0 saturated heterocycles. The molecule has 0 aliphatic rings. The van der Waals surface area contributed by atoms with Gasteiger partial charge in [0.15, 0.2) is 0 Å². The van der Waals surface area contributed by atoms with Crippen molar-refractivity contribution in [2.45, 2.75) is 19.4 Å². The normalized spacial score (nSPS) is 12.0. The van der Waals surface area contributed by atoms with E-state index in [0.717, 1.165) is 13.1 Å². The van der Waals surface area contributed by atoms with Crippen LogP contribution in [0.4, 0.5) is 0 Å². The van der Waals surface area contributed by atoms with Gasteiger partial charge in [-0.05, 0) is 20.1 Å². The highest BCUT2D eigenvalue weighted by Gasteiger charge is 2.14. The number of methoxy groups -OCH3 is 1. The van der Waals surface area contributed by atoms with Crippen LogP contribution in [0.5, 0.6) is 0 Å². The van der Waals surface area contributed by atoms with Crippen molar-refractivity contribution in [1.29, 1.82) is 0 Å². The summed E-state index contributed by atoms with van der Waals surface area (Å²) in [7, 11) is 1.75. The molecule has 11 heavy (non-hydrogen) atoms. The van der Waals surface area contributed by atoms with Gasteiger partial charge in [0, 0.05) is 26.0 Å². The molecular formula is C8H19NOS. The molecule has 0 heterocycles. The molecule has 0 unspecified atom stereocenters. The van der Waals surface area contributed by atoms with Gasteiger partial charge in [-0.3, -0.25) is 0 Å². The van der Waals surface area contributed by atoms with E-state index in [0.29, 0.717) is 0 Å². The van der Waals surface area contributed by atoms with Gasteiger partial charge >= 0.3 is 0 Å². The summed E-state index contributed by atoms with van der Waals surface area (Å²) >= 11 is 1.86. The summed E-state index contributed by atoms with van der Waals surface area (Å²) in [4.78, 5) is 0. The molecule has 0 bridgehead atoms. The number of nitrogens with one attached hydrogen (secondary N) is 1. The molecule has 3 heteroatoms. The molecule has 0 aromatic rings. The molecule has 0 amide bonds. The first kappa shape index (κ1) is 11.3. The molecule has 0 saturated carbocycles. The molecular weight excluding hydrogens is 158 g/mol. The Kier molecular flexibility index (Phi) is 6.01. The second kappa shape index (κ2) is 5.86. The van der Waals surface area contributed by atoms with Crippen molar-refractivity contribution in [3.05, 3.63) is 0 Å². The van der Waals surface area contributed by atoms with Crippen LogP contribution in [-0.2, 0) is 4.74 Å². The number of ether oxygens (including phenoxy) is 1. The Morgan fingerprint density at radius 1 is 1.45 bits per heavy atom. The molecule has 1 N–H and O–H groups in total. The lowest BCUT2D eigenvalue weighted by Crippen LogP contribution is -2.37. The lowest BCUT2D eigenvalue weighted by atomic mass is 10.1. The van der Waals surface area contributed by atoms with Crippen LogP contribution in [-0.4, -0.2) is 37.8 Å². The molecule has 0 aliphatic carbocycles. The first-order valence-corrected chi connectivity index (χ1v) is 5.26. The molecule has 0 rings (SSSR count). The van der Waals surface area contributed by atoms with Gasteiger partial charge in [0.05, 0.1) is 5.60 Å². The molecule has 2 nitrogen and oxygen atoms in total. The van der Waals surface area contributed by atoms with Gasteiger partial charge in [-0.15, -0.1) is 0 Å². The highest BCUT2D eigenvalue weighted by atomic mass is 32.2. The fourth-order valence-electron chi connectivity index (χ4n) is 0.636. The summed E-state index contributed by atoms with van der Waals surface area (Å²) < 4.78 is 5.25. The van der Waals surface area contributed by atoms with Crippen LogP contribution in [0.3, 0.4) is 0 Å². The lowest BCUT2D eigenvalue weighted by Gasteiger charge is -2.22. The highest BCUT2D eigenvalue weighted by Crippen LogP contribution is 2.04. The van der Waals surface area contributed by atoms with Crippen LogP contribution >= 0.6 is 11.8 Å². The fourth-order valence-corrected chi connectivity index (χ4v) is 0.984. The largest absolute Gasteiger partial charge is 0.377 e. The lowest BCUT2D eigenvalue weighted by molar-refractivity contribution is 0.0238. The minimum atomic E-state index is -0.0294. The number of thioether (sulfide) groups is 1. The topological polar surface area (TPSA) is 21.3 Å². The number of hydrogen-bond donors (Lipinski definition) is 1. The van der Waals surface area contributed by atoms with Crippen molar-refractivity contribution in [1.82, 2.24) is 5.32 Å². The first-order valence-electron chi connectivity index (χ1n) is 3.87. The van der Waals surface area contributed by atoms with E-state index in [-0.39, 0.29) is 5.60 Å². The van der Waals surface area contributed by atoms with E-state index in [2.05, 4.69) is 25.4 Å². The van der Waals surface area contributed by atoms with Crippen molar-refractivity contribution in [3.63, 3.8) is 0 Å². The van der Waals surface area contributed by atoms with Crippen molar-refractivity contribution < 1.29 is 4.74 Å². The van der Waals surface area contributed by atoms with Gasteiger partial charge < -0.3 is 10.1 Å². The van der Waals surface area contributed by atoms with Crippen molar-refractivity contribution in [2.75, 3.05) is 32.2 Å². The maximum Gasteiger partial charge on any atom is 0.0746 e. The standard InChI is InChI=1S/C8H19NOS/c1-8(2,10-3)7-9-5-6-11-4/h9H,5-7H2,1-4H3. The summed E-state index contributed by atoms with van der Waals surface area (Å²) in [6.45, 7) is 6.15. The van der Waals surface area contributed by atoms with Gasteiger partial charge in [0.1, 0.15) is 0 Å². The second-order valence-corrected chi connectivity index (χ2v) is 4.12. The smallest absolute Gasteiger partial charge is 0.0746 e. The number of hydrogen-bond acceptors (Lipinski definition) is 3. The zero-order valence-corrected chi connectivity index (χ0v) is 8.75. The summed E-state index contributed by atoms with van der Waals surface area (Å²) in [6.07, 6.45) is 2.11. The Morgan fingerprint density at radius 3 is 2.55 bits per heavy atom. The van der Waals surface area contributed by atoms with E-state index in [4.69, 9.17) is 4.74 Å². The third-order valence-corrected chi connectivity index (χ3v) is 2.20. The Hall–Kier alpha value is 0.270. The molecule has 0 radical (unpaired) electrons. The van der Waals surface area contributed by atoms with E-state index >= 15 is 0 Å². The van der Waals surface area contributed by atoms with Crippen molar-refractivity contribution >= 4 is 11.8 Å². The van der Waals surface area contributed by atoms with Gasteiger partial charge in [-0.2, -0.15) is 11.8 Å². The van der Waals surface area contributed by atoms with E-state index in [1.807, 2.05) is 11.8 Å². The fraction of sp³-hybridized carbons (Fsp3) is 1.00. The minimum absolute atomic E-state index is 0.0294. The van der Waals surface area contributed by atoms with Crippen LogP contribution in [0.15, 0.2) is 0 Å². The summed E-state index contributed by atoms with van der Waals surface area (Å²) in [5.41, 5.74) is -0.0294. The summed E-state index contributed by atoms with van der Waals surface area (Å²) in [5, 5.41) is 3.33. The minimum Gasteiger partial charge on any atom is -0.377 e. The van der Waals surface area contributed by atoms with Crippen LogP contribution in [0.1, 0.15) is 13.8 Å². The Balaban J connectivity index is 3.23. The zero-order valence-electron chi connectivity index (χ0n) is 7.94. The monoisotopic (exact) mass is 177 g/mol. The third kappa shape index (κ3) is 6.66. The van der Waals surface area contributed by atoms with E-state index < -0.39 is 0 Å². The zero-order chi connectivity index (χ0) is 8.74. The maximum atomic E-state index is 5.25. The van der Waals surface area contributed by atoms with Gasteiger partial charge in [0.2, 0.25) is 0 Å². The van der Waals surface area contributed by atoms with Crippen LogP contribution in [0.25, 0.3) is 0 Å². The molecule has 0 aliphatic heterocycles. The maximum absolute atomic E-state index is 5.25. The quantitative estimate of drug-likeness (QED) is 0.619. The highest BCUT2D eigenvalue weighted by molar-refractivity contribution is 7.98. The predicted octanol–water partition coefficient (Wildman–Crippen LogP) is 1.36. The van der Waals surface area contributed by atoms with Gasteiger partial charge in [-0.1, -0.05) is 0 Å². The van der Waals surface area contributed by atoms with Crippen LogP contribution < -0.4 is 5.32 Å². The SMILES string of the molecule is COC(C)(C)CNCCSC. The van der Waals surface area contributed by atoms with Gasteiger partial charge in [0.25, 0.3) is 0 Å². The van der Waals surface area contributed by atoms with Crippen LogP contribution in [0, 0.1) is 0 Å². The Morgan fingerprint density at radius 2 is 2.09 bits per heavy atom. The summed E-state index contributed by atoms with van der Waals surface area (Å²) in [5.74, 6) is 1.17. The molecule has 0 fully saturated rings. The Labute approximate surface area is 74.1 Å². The molecule has 68 valence electrons. The van der Waals surface area contributed by atoms with Crippen molar-refractivity contribution in [2.24, 2.45) is 0 Å². The average Bonchev–Trinajstić information content (AvgIpc) is 1.99. The van der Waals surface area contributed by atoms with Gasteiger partial charge in [-0.25, -0.2) is 0 Å². The van der Waals surface area contributed by atoms with E-state index in [9.17, 15) is 0 Å². The molecule has 0 spiro atoms. The summed E-state index contributed by atoms with van der Waals surface area (Å²) in [6, 6.07) is 0.